The Labute approximate surface area is 189 Å². The highest BCUT2D eigenvalue weighted by Crippen LogP contribution is 2.18. The first-order valence-corrected chi connectivity index (χ1v) is 11.2. The summed E-state index contributed by atoms with van der Waals surface area (Å²) < 4.78 is 13.0. The number of piperidine rings is 1. The topological polar surface area (TPSA) is 78.5 Å². The van der Waals surface area contributed by atoms with E-state index in [9.17, 15) is 18.8 Å². The zero-order chi connectivity index (χ0) is 22.5. The summed E-state index contributed by atoms with van der Waals surface area (Å²) in [5, 5.41) is 7.61. The maximum absolute atomic E-state index is 13.0. The maximum Gasteiger partial charge on any atom is 0.265 e. The summed E-state index contributed by atoms with van der Waals surface area (Å²) in [7, 11) is 0. The Bertz CT molecular complexity index is 1090. The normalized spacial score (nSPS) is 14.1. The van der Waals surface area contributed by atoms with E-state index in [0.717, 1.165) is 0 Å². The summed E-state index contributed by atoms with van der Waals surface area (Å²) in [5.41, 5.74) is 1.59. The van der Waals surface area contributed by atoms with Gasteiger partial charge in [-0.05, 0) is 72.8 Å². The molecule has 4 rings (SSSR count). The summed E-state index contributed by atoms with van der Waals surface area (Å²) in [6.45, 7) is 1.06. The number of halogens is 1. The summed E-state index contributed by atoms with van der Waals surface area (Å²) in [6.07, 6.45) is 1.29. The van der Waals surface area contributed by atoms with Crippen molar-refractivity contribution in [1.82, 2.24) is 10.2 Å². The van der Waals surface area contributed by atoms with Crippen LogP contribution < -0.4 is 10.6 Å². The molecule has 32 heavy (non-hydrogen) atoms. The molecule has 164 valence electrons. The van der Waals surface area contributed by atoms with E-state index in [0.29, 0.717) is 47.6 Å². The minimum absolute atomic E-state index is 0.0357. The minimum atomic E-state index is -0.383. The third-order valence-electron chi connectivity index (χ3n) is 5.36. The summed E-state index contributed by atoms with van der Waals surface area (Å²) in [5.74, 6) is -0.880. The lowest BCUT2D eigenvalue weighted by atomic mass is 10.0. The van der Waals surface area contributed by atoms with Crippen molar-refractivity contribution in [1.29, 1.82) is 0 Å². The number of carbonyl (C=O) groups excluding carboxylic acids is 3. The Kier molecular flexibility index (Phi) is 6.61. The second-order valence-corrected chi connectivity index (χ2v) is 8.50. The molecule has 1 aromatic heterocycles. The molecule has 0 bridgehead atoms. The standard InChI is InChI=1S/C24H22FN3O3S/c25-18-7-3-16(4-8-18)22(29)26-20-11-13-28(14-12-20)24(31)17-5-9-19(10-6-17)27-23(30)21-2-1-15-32-21/h1-10,15,20H,11-14H2,(H,26,29)(H,27,30). The largest absolute Gasteiger partial charge is 0.349 e. The van der Waals surface area contributed by atoms with Gasteiger partial charge < -0.3 is 15.5 Å². The van der Waals surface area contributed by atoms with Gasteiger partial charge in [0.15, 0.2) is 0 Å². The number of rotatable bonds is 5. The van der Waals surface area contributed by atoms with Gasteiger partial charge >= 0.3 is 0 Å². The Balaban J connectivity index is 1.28. The molecule has 0 saturated carbocycles. The SMILES string of the molecule is O=C(NC1CCN(C(=O)c2ccc(NC(=O)c3cccs3)cc2)CC1)c1ccc(F)cc1. The highest BCUT2D eigenvalue weighted by molar-refractivity contribution is 7.12. The molecule has 0 unspecified atom stereocenters. The minimum Gasteiger partial charge on any atom is -0.349 e. The number of likely N-dealkylation sites (tertiary alicyclic amines) is 1. The molecule has 2 N–H and O–H groups in total. The van der Waals surface area contributed by atoms with E-state index in [1.807, 2.05) is 11.4 Å². The van der Waals surface area contributed by atoms with Crippen molar-refractivity contribution < 1.29 is 18.8 Å². The van der Waals surface area contributed by atoms with Gasteiger partial charge in [-0.15, -0.1) is 11.3 Å². The van der Waals surface area contributed by atoms with Crippen LogP contribution in [-0.4, -0.2) is 41.8 Å². The van der Waals surface area contributed by atoms with Crippen LogP contribution >= 0.6 is 11.3 Å². The van der Waals surface area contributed by atoms with Crippen LogP contribution in [0.1, 0.15) is 43.2 Å². The maximum atomic E-state index is 13.0. The van der Waals surface area contributed by atoms with E-state index in [2.05, 4.69) is 10.6 Å². The number of anilines is 1. The predicted molar refractivity (Wildman–Crippen MR) is 122 cm³/mol. The van der Waals surface area contributed by atoms with Gasteiger partial charge in [-0.3, -0.25) is 14.4 Å². The van der Waals surface area contributed by atoms with E-state index in [-0.39, 0.29) is 29.6 Å². The second-order valence-electron chi connectivity index (χ2n) is 7.56. The van der Waals surface area contributed by atoms with Crippen LogP contribution in [0.4, 0.5) is 10.1 Å². The first-order chi connectivity index (χ1) is 15.5. The molecule has 0 radical (unpaired) electrons. The molecule has 3 amide bonds. The average Bonchev–Trinajstić information content (AvgIpc) is 3.35. The molecule has 1 fully saturated rings. The van der Waals surface area contributed by atoms with E-state index < -0.39 is 0 Å². The van der Waals surface area contributed by atoms with E-state index >= 15 is 0 Å². The molecule has 6 nitrogen and oxygen atoms in total. The average molecular weight is 452 g/mol. The smallest absolute Gasteiger partial charge is 0.265 e. The molecule has 0 atom stereocenters. The van der Waals surface area contributed by atoms with Crippen molar-refractivity contribution in [2.75, 3.05) is 18.4 Å². The fourth-order valence-corrected chi connectivity index (χ4v) is 4.20. The lowest BCUT2D eigenvalue weighted by molar-refractivity contribution is 0.0698. The van der Waals surface area contributed by atoms with Crippen molar-refractivity contribution in [3.05, 3.63) is 87.9 Å². The summed E-state index contributed by atoms with van der Waals surface area (Å²) in [4.78, 5) is 39.6. The molecular formula is C24H22FN3O3S. The highest BCUT2D eigenvalue weighted by Gasteiger charge is 2.25. The molecule has 2 aromatic carbocycles. The van der Waals surface area contributed by atoms with Gasteiger partial charge in [0.05, 0.1) is 4.88 Å². The van der Waals surface area contributed by atoms with E-state index in [1.165, 1.54) is 35.6 Å². The zero-order valence-electron chi connectivity index (χ0n) is 17.2. The fourth-order valence-electron chi connectivity index (χ4n) is 3.58. The first kappa shape index (κ1) is 21.7. The third-order valence-corrected chi connectivity index (χ3v) is 6.23. The monoisotopic (exact) mass is 451 g/mol. The molecule has 3 aromatic rings. The number of benzene rings is 2. The quantitative estimate of drug-likeness (QED) is 0.611. The Morgan fingerprint density at radius 3 is 2.16 bits per heavy atom. The Morgan fingerprint density at radius 2 is 1.53 bits per heavy atom. The van der Waals surface area contributed by atoms with Crippen LogP contribution in [0, 0.1) is 5.82 Å². The number of nitrogens with zero attached hydrogens (tertiary/aromatic N) is 1. The first-order valence-electron chi connectivity index (χ1n) is 10.3. The van der Waals surface area contributed by atoms with Gasteiger partial charge in [-0.25, -0.2) is 4.39 Å². The predicted octanol–water partition coefficient (Wildman–Crippen LogP) is 4.17. The lowest BCUT2D eigenvalue weighted by Crippen LogP contribution is -2.46. The number of thiophene rings is 1. The molecule has 8 heteroatoms. The molecule has 2 heterocycles. The lowest BCUT2D eigenvalue weighted by Gasteiger charge is -2.32. The van der Waals surface area contributed by atoms with Gasteiger partial charge in [0, 0.05) is 35.9 Å². The molecule has 1 aliphatic rings. The molecule has 0 spiro atoms. The summed E-state index contributed by atoms with van der Waals surface area (Å²) >= 11 is 1.37. The molecular weight excluding hydrogens is 429 g/mol. The van der Waals surface area contributed by atoms with Crippen molar-refractivity contribution in [3.63, 3.8) is 0 Å². The summed E-state index contributed by atoms with van der Waals surface area (Å²) in [6, 6.07) is 15.8. The van der Waals surface area contributed by atoms with E-state index in [4.69, 9.17) is 0 Å². The van der Waals surface area contributed by atoms with Crippen LogP contribution in [0.25, 0.3) is 0 Å². The van der Waals surface area contributed by atoms with Crippen molar-refractivity contribution in [3.8, 4) is 0 Å². The number of hydrogen-bond acceptors (Lipinski definition) is 4. The van der Waals surface area contributed by atoms with Crippen molar-refractivity contribution >= 4 is 34.7 Å². The number of amides is 3. The zero-order valence-corrected chi connectivity index (χ0v) is 18.0. The molecule has 1 aliphatic heterocycles. The fraction of sp³-hybridized carbons (Fsp3) is 0.208. The third kappa shape index (κ3) is 5.20. The number of carbonyl (C=O) groups is 3. The van der Waals surface area contributed by atoms with Crippen LogP contribution in [0.15, 0.2) is 66.0 Å². The van der Waals surface area contributed by atoms with Crippen LogP contribution in [0.3, 0.4) is 0 Å². The van der Waals surface area contributed by atoms with Gasteiger partial charge in [0.1, 0.15) is 5.82 Å². The van der Waals surface area contributed by atoms with Gasteiger partial charge in [-0.2, -0.15) is 0 Å². The van der Waals surface area contributed by atoms with Crippen LogP contribution in [-0.2, 0) is 0 Å². The van der Waals surface area contributed by atoms with Gasteiger partial charge in [0.2, 0.25) is 0 Å². The van der Waals surface area contributed by atoms with Crippen molar-refractivity contribution in [2.24, 2.45) is 0 Å². The van der Waals surface area contributed by atoms with Crippen LogP contribution in [0.2, 0.25) is 0 Å². The number of nitrogens with one attached hydrogen (secondary N) is 2. The second kappa shape index (κ2) is 9.74. The molecule has 1 saturated heterocycles. The molecule has 0 aliphatic carbocycles. The van der Waals surface area contributed by atoms with Crippen LogP contribution in [0.5, 0.6) is 0 Å². The van der Waals surface area contributed by atoms with Gasteiger partial charge in [0.25, 0.3) is 17.7 Å². The Hall–Kier alpha value is -3.52. The number of hydrogen-bond donors (Lipinski definition) is 2. The Morgan fingerprint density at radius 1 is 0.875 bits per heavy atom. The van der Waals surface area contributed by atoms with Gasteiger partial charge in [-0.1, -0.05) is 6.07 Å². The van der Waals surface area contributed by atoms with Crippen molar-refractivity contribution in [2.45, 2.75) is 18.9 Å². The van der Waals surface area contributed by atoms with E-state index in [1.54, 1.807) is 35.2 Å². The highest BCUT2D eigenvalue weighted by atomic mass is 32.1.